The normalized spacial score (nSPS) is 10.3. The first kappa shape index (κ1) is 8.42. The molecule has 0 aliphatic rings. The maximum absolute atomic E-state index is 5.26. The van der Waals surface area contributed by atoms with E-state index in [0.29, 0.717) is 6.54 Å². The molecule has 11 heavy (non-hydrogen) atoms. The lowest BCUT2D eigenvalue weighted by Crippen LogP contribution is -2.15. The lowest BCUT2D eigenvalue weighted by atomic mass is 10.5. The number of aromatic nitrogens is 1. The van der Waals surface area contributed by atoms with E-state index in [0.717, 1.165) is 18.1 Å². The highest BCUT2D eigenvalue weighted by molar-refractivity contribution is 7.80. The minimum atomic E-state index is 0.215. The third-order valence-electron chi connectivity index (χ3n) is 1.16. The number of oxazole rings is 1. The van der Waals surface area contributed by atoms with E-state index < -0.39 is 0 Å². The van der Waals surface area contributed by atoms with Crippen molar-refractivity contribution in [3.05, 3.63) is 12.0 Å². The van der Waals surface area contributed by atoms with Gasteiger partial charge in [0.25, 0.3) is 6.01 Å². The summed E-state index contributed by atoms with van der Waals surface area (Å²) in [5.41, 5.74) is 5.26. The Kier molecular flexibility index (Phi) is 3.25. The van der Waals surface area contributed by atoms with Crippen LogP contribution in [0.2, 0.25) is 0 Å². The molecule has 1 aromatic heterocycles. The molecular weight excluding hydrogens is 162 g/mol. The summed E-state index contributed by atoms with van der Waals surface area (Å²) in [7, 11) is 0. The maximum atomic E-state index is 5.26. The highest BCUT2D eigenvalue weighted by atomic mass is 32.1. The Labute approximate surface area is 70.6 Å². The zero-order valence-electron chi connectivity index (χ0n) is 6.08. The molecule has 0 atom stereocenters. The molecule has 0 unspecified atom stereocenters. The molecule has 1 heterocycles. The number of nitrogens with one attached hydrogen (secondary N) is 1. The van der Waals surface area contributed by atoms with Gasteiger partial charge in [-0.3, -0.25) is 0 Å². The molecular formula is C6H11N3OS. The summed E-state index contributed by atoms with van der Waals surface area (Å²) in [6.45, 7) is 1.51. The smallest absolute Gasteiger partial charge is 0.292 e. The Morgan fingerprint density at radius 2 is 2.55 bits per heavy atom. The van der Waals surface area contributed by atoms with E-state index in [-0.39, 0.29) is 6.01 Å². The van der Waals surface area contributed by atoms with Crippen molar-refractivity contribution in [1.82, 2.24) is 10.3 Å². The van der Waals surface area contributed by atoms with E-state index in [4.69, 9.17) is 10.2 Å². The molecule has 0 bridgehead atoms. The van der Waals surface area contributed by atoms with E-state index in [1.54, 1.807) is 6.20 Å². The summed E-state index contributed by atoms with van der Waals surface area (Å²) in [6, 6.07) is 0.215. The first-order valence-electron chi connectivity index (χ1n) is 3.34. The van der Waals surface area contributed by atoms with Gasteiger partial charge in [0.15, 0.2) is 0 Å². The molecule has 1 rings (SSSR count). The van der Waals surface area contributed by atoms with Gasteiger partial charge in [-0.15, -0.1) is 0 Å². The minimum Gasteiger partial charge on any atom is -0.428 e. The van der Waals surface area contributed by atoms with Crippen LogP contribution in [0.25, 0.3) is 0 Å². The zero-order valence-corrected chi connectivity index (χ0v) is 6.97. The fourth-order valence-corrected chi connectivity index (χ4v) is 0.853. The van der Waals surface area contributed by atoms with E-state index in [1.807, 2.05) is 0 Å². The first-order valence-corrected chi connectivity index (χ1v) is 3.98. The summed E-state index contributed by atoms with van der Waals surface area (Å²) < 4.78 is 5.01. The van der Waals surface area contributed by atoms with E-state index in [9.17, 15) is 0 Å². The second-order valence-electron chi connectivity index (χ2n) is 2.07. The van der Waals surface area contributed by atoms with Crippen molar-refractivity contribution >= 4 is 18.6 Å². The summed E-state index contributed by atoms with van der Waals surface area (Å²) in [4.78, 5) is 3.75. The molecule has 0 saturated carbocycles. The summed E-state index contributed by atoms with van der Waals surface area (Å²) >= 11 is 4.04. The topological polar surface area (TPSA) is 64.1 Å². The van der Waals surface area contributed by atoms with Crippen LogP contribution in [0.3, 0.4) is 0 Å². The van der Waals surface area contributed by atoms with Crippen LogP contribution in [0.15, 0.2) is 10.6 Å². The number of rotatable bonds is 4. The average Bonchev–Trinajstić information content (AvgIpc) is 2.37. The van der Waals surface area contributed by atoms with Gasteiger partial charge in [-0.05, 0) is 0 Å². The summed E-state index contributed by atoms with van der Waals surface area (Å²) in [6.07, 6.45) is 1.61. The molecule has 0 fully saturated rings. The van der Waals surface area contributed by atoms with E-state index in [1.165, 1.54) is 0 Å². The first-order chi connectivity index (χ1) is 5.33. The Morgan fingerprint density at radius 3 is 3.09 bits per heavy atom. The average molecular weight is 173 g/mol. The van der Waals surface area contributed by atoms with Crippen molar-refractivity contribution in [2.45, 2.75) is 6.54 Å². The summed E-state index contributed by atoms with van der Waals surface area (Å²) in [5, 5.41) is 3.10. The van der Waals surface area contributed by atoms with Crippen LogP contribution in [-0.4, -0.2) is 17.3 Å². The highest BCUT2D eigenvalue weighted by Crippen LogP contribution is 2.02. The van der Waals surface area contributed by atoms with Crippen molar-refractivity contribution in [2.75, 3.05) is 18.0 Å². The Morgan fingerprint density at radius 1 is 1.73 bits per heavy atom. The molecule has 3 N–H and O–H groups in total. The molecule has 0 aliphatic heterocycles. The molecule has 0 spiro atoms. The Bertz CT molecular complexity index is 213. The van der Waals surface area contributed by atoms with Gasteiger partial charge >= 0.3 is 0 Å². The molecule has 62 valence electrons. The third-order valence-corrected chi connectivity index (χ3v) is 1.38. The molecule has 0 saturated heterocycles. The molecule has 5 heteroatoms. The van der Waals surface area contributed by atoms with Gasteiger partial charge in [0.1, 0.15) is 5.76 Å². The van der Waals surface area contributed by atoms with Gasteiger partial charge in [-0.2, -0.15) is 12.6 Å². The number of nitrogens with zero attached hydrogens (tertiary/aromatic N) is 1. The lowest BCUT2D eigenvalue weighted by Gasteiger charge is -1.96. The molecule has 4 nitrogen and oxygen atoms in total. The number of thiol groups is 1. The van der Waals surface area contributed by atoms with Gasteiger partial charge in [-0.1, -0.05) is 0 Å². The Hall–Kier alpha value is -0.680. The SMILES string of the molecule is Nc1ncc(CNCCS)o1. The fraction of sp³-hybridized carbons (Fsp3) is 0.500. The number of hydrogen-bond acceptors (Lipinski definition) is 5. The van der Waals surface area contributed by atoms with E-state index >= 15 is 0 Å². The van der Waals surface area contributed by atoms with Crippen molar-refractivity contribution in [3.8, 4) is 0 Å². The second-order valence-corrected chi connectivity index (χ2v) is 2.51. The number of nitrogen functional groups attached to an aromatic ring is 1. The monoisotopic (exact) mass is 173 g/mol. The fourth-order valence-electron chi connectivity index (χ4n) is 0.695. The van der Waals surface area contributed by atoms with Crippen LogP contribution in [0.5, 0.6) is 0 Å². The van der Waals surface area contributed by atoms with Crippen LogP contribution in [0, 0.1) is 0 Å². The lowest BCUT2D eigenvalue weighted by molar-refractivity contribution is 0.500. The van der Waals surface area contributed by atoms with E-state index in [2.05, 4.69) is 22.9 Å². The van der Waals surface area contributed by atoms with Crippen LogP contribution in [0.4, 0.5) is 6.01 Å². The minimum absolute atomic E-state index is 0.215. The van der Waals surface area contributed by atoms with Crippen LogP contribution in [-0.2, 0) is 6.54 Å². The Balaban J connectivity index is 2.27. The van der Waals surface area contributed by atoms with Gasteiger partial charge < -0.3 is 15.5 Å². The quantitative estimate of drug-likeness (QED) is 0.452. The van der Waals surface area contributed by atoms with Gasteiger partial charge in [0, 0.05) is 12.3 Å². The third kappa shape index (κ3) is 2.81. The maximum Gasteiger partial charge on any atom is 0.292 e. The van der Waals surface area contributed by atoms with Crippen molar-refractivity contribution < 1.29 is 4.42 Å². The second kappa shape index (κ2) is 4.25. The van der Waals surface area contributed by atoms with Gasteiger partial charge in [0.2, 0.25) is 0 Å². The van der Waals surface area contributed by atoms with Crippen molar-refractivity contribution in [1.29, 1.82) is 0 Å². The van der Waals surface area contributed by atoms with Crippen molar-refractivity contribution in [2.24, 2.45) is 0 Å². The van der Waals surface area contributed by atoms with Crippen LogP contribution >= 0.6 is 12.6 Å². The van der Waals surface area contributed by atoms with Gasteiger partial charge in [0.05, 0.1) is 12.7 Å². The molecule has 1 aromatic rings. The molecule has 0 aliphatic carbocycles. The predicted molar refractivity (Wildman–Crippen MR) is 46.5 cm³/mol. The largest absolute Gasteiger partial charge is 0.428 e. The number of hydrogen-bond donors (Lipinski definition) is 3. The molecule has 0 amide bonds. The predicted octanol–water partition coefficient (Wildman–Crippen LogP) is 0.276. The number of anilines is 1. The molecule has 0 radical (unpaired) electrons. The number of nitrogens with two attached hydrogens (primary N) is 1. The molecule has 0 aromatic carbocycles. The highest BCUT2D eigenvalue weighted by Gasteiger charge is 1.97. The summed E-state index contributed by atoms with van der Waals surface area (Å²) in [5.74, 6) is 1.56. The zero-order chi connectivity index (χ0) is 8.10. The van der Waals surface area contributed by atoms with Crippen molar-refractivity contribution in [3.63, 3.8) is 0 Å². The van der Waals surface area contributed by atoms with Gasteiger partial charge in [-0.25, -0.2) is 4.98 Å². The van der Waals surface area contributed by atoms with Crippen LogP contribution < -0.4 is 11.1 Å². The standard InChI is InChI=1S/C6H11N3OS/c7-6-9-4-5(10-6)3-8-1-2-11/h4,8,11H,1-3H2,(H2,7,9). The van der Waals surface area contributed by atoms with Crippen LogP contribution in [0.1, 0.15) is 5.76 Å².